The second kappa shape index (κ2) is 4.75. The van der Waals surface area contributed by atoms with Crippen molar-refractivity contribution >= 4 is 0 Å². The summed E-state index contributed by atoms with van der Waals surface area (Å²) in [5.74, 6) is 0. The first-order valence-electron chi connectivity index (χ1n) is 5.53. The summed E-state index contributed by atoms with van der Waals surface area (Å²) >= 11 is 0. The first kappa shape index (κ1) is 12.2. The molecule has 1 heterocycles. The zero-order valence-corrected chi connectivity index (χ0v) is 10.5. The number of pyridine rings is 1. The van der Waals surface area contributed by atoms with Crippen LogP contribution >= 0.6 is 0 Å². The van der Waals surface area contributed by atoms with Gasteiger partial charge >= 0.3 is 0 Å². The zero-order valence-electron chi connectivity index (χ0n) is 10.5. The lowest BCUT2D eigenvalue weighted by atomic mass is 9.84. The Morgan fingerprint density at radius 3 is 2.47 bits per heavy atom. The second-order valence-electron chi connectivity index (χ2n) is 5.18. The fourth-order valence-electron chi connectivity index (χ4n) is 1.76. The van der Waals surface area contributed by atoms with Crippen molar-refractivity contribution in [2.45, 2.75) is 40.2 Å². The molecule has 0 saturated heterocycles. The monoisotopic (exact) mass is 206 g/mol. The average molecular weight is 206 g/mol. The van der Waals surface area contributed by atoms with E-state index in [1.807, 2.05) is 20.0 Å². The van der Waals surface area contributed by atoms with Crippen LogP contribution in [-0.4, -0.2) is 18.1 Å². The molecular formula is C13H22N2. The van der Waals surface area contributed by atoms with Crippen LogP contribution in [0.4, 0.5) is 0 Å². The Balaban J connectivity index is 2.76. The maximum atomic E-state index is 4.53. The van der Waals surface area contributed by atoms with Crippen LogP contribution in [0.1, 0.15) is 32.2 Å². The van der Waals surface area contributed by atoms with Crippen LogP contribution in [-0.2, 0) is 6.42 Å². The van der Waals surface area contributed by atoms with E-state index in [9.17, 15) is 0 Å². The molecule has 0 bridgehead atoms. The predicted octanol–water partition coefficient (Wildman–Crippen LogP) is 2.57. The van der Waals surface area contributed by atoms with Gasteiger partial charge in [0.2, 0.25) is 0 Å². The Morgan fingerprint density at radius 1 is 1.33 bits per heavy atom. The lowest BCUT2D eigenvalue weighted by molar-refractivity contribution is 0.278. The molecule has 84 valence electrons. The standard InChI is InChI=1S/C13H22N2/c1-10-7-6-8-11(15-10)9-12(14-5)13(2,3)4/h6-8,12,14H,9H2,1-5H3. The summed E-state index contributed by atoms with van der Waals surface area (Å²) in [6, 6.07) is 6.68. The molecule has 0 aromatic carbocycles. The highest BCUT2D eigenvalue weighted by Gasteiger charge is 2.23. The van der Waals surface area contributed by atoms with E-state index in [4.69, 9.17) is 0 Å². The van der Waals surface area contributed by atoms with Gasteiger partial charge in [-0.2, -0.15) is 0 Å². The molecule has 0 aliphatic heterocycles. The molecule has 2 nitrogen and oxygen atoms in total. The number of hydrogen-bond acceptors (Lipinski definition) is 2. The predicted molar refractivity (Wildman–Crippen MR) is 65.0 cm³/mol. The molecule has 0 aliphatic rings. The Bertz CT molecular complexity index is 313. The van der Waals surface area contributed by atoms with Gasteiger partial charge in [-0.3, -0.25) is 4.98 Å². The maximum Gasteiger partial charge on any atom is 0.0422 e. The van der Waals surface area contributed by atoms with Crippen molar-refractivity contribution in [2.75, 3.05) is 7.05 Å². The maximum absolute atomic E-state index is 4.53. The number of rotatable bonds is 3. The van der Waals surface area contributed by atoms with Gasteiger partial charge in [0, 0.05) is 23.9 Å². The van der Waals surface area contributed by atoms with E-state index in [2.05, 4.69) is 43.2 Å². The highest BCUT2D eigenvalue weighted by molar-refractivity contribution is 5.11. The fraction of sp³-hybridized carbons (Fsp3) is 0.615. The van der Waals surface area contributed by atoms with Crippen molar-refractivity contribution < 1.29 is 0 Å². The van der Waals surface area contributed by atoms with Gasteiger partial charge in [0.25, 0.3) is 0 Å². The van der Waals surface area contributed by atoms with Crippen molar-refractivity contribution in [1.82, 2.24) is 10.3 Å². The van der Waals surface area contributed by atoms with Crippen molar-refractivity contribution in [2.24, 2.45) is 5.41 Å². The van der Waals surface area contributed by atoms with Crippen LogP contribution in [0.3, 0.4) is 0 Å². The quantitative estimate of drug-likeness (QED) is 0.822. The smallest absolute Gasteiger partial charge is 0.0422 e. The van der Waals surface area contributed by atoms with Crippen LogP contribution in [0.15, 0.2) is 18.2 Å². The first-order chi connectivity index (χ1) is 6.93. The van der Waals surface area contributed by atoms with Crippen molar-refractivity contribution in [3.8, 4) is 0 Å². The van der Waals surface area contributed by atoms with E-state index in [-0.39, 0.29) is 5.41 Å². The van der Waals surface area contributed by atoms with Crippen LogP contribution in [0.5, 0.6) is 0 Å². The minimum Gasteiger partial charge on any atom is -0.316 e. The molecule has 1 N–H and O–H groups in total. The van der Waals surface area contributed by atoms with Crippen LogP contribution in [0.25, 0.3) is 0 Å². The Morgan fingerprint density at radius 2 is 2.00 bits per heavy atom. The fourth-order valence-corrected chi connectivity index (χ4v) is 1.76. The SMILES string of the molecule is CNC(Cc1cccc(C)n1)C(C)(C)C. The normalized spacial score (nSPS) is 13.9. The van der Waals surface area contributed by atoms with Crippen molar-refractivity contribution in [3.05, 3.63) is 29.6 Å². The van der Waals surface area contributed by atoms with Gasteiger partial charge in [-0.25, -0.2) is 0 Å². The Labute approximate surface area is 93.1 Å². The number of nitrogens with one attached hydrogen (secondary N) is 1. The lowest BCUT2D eigenvalue weighted by Crippen LogP contribution is -2.40. The molecule has 1 aromatic rings. The van der Waals surface area contributed by atoms with E-state index < -0.39 is 0 Å². The minimum absolute atomic E-state index is 0.264. The van der Waals surface area contributed by atoms with Gasteiger partial charge in [0.15, 0.2) is 0 Å². The molecule has 1 aromatic heterocycles. The van der Waals surface area contributed by atoms with Crippen LogP contribution in [0.2, 0.25) is 0 Å². The topological polar surface area (TPSA) is 24.9 Å². The average Bonchev–Trinajstić information content (AvgIpc) is 2.12. The molecule has 0 fully saturated rings. The highest BCUT2D eigenvalue weighted by atomic mass is 14.9. The third-order valence-electron chi connectivity index (χ3n) is 2.75. The second-order valence-corrected chi connectivity index (χ2v) is 5.18. The Kier molecular flexibility index (Phi) is 3.86. The van der Waals surface area contributed by atoms with E-state index in [0.717, 1.165) is 12.1 Å². The van der Waals surface area contributed by atoms with E-state index in [1.54, 1.807) is 0 Å². The molecule has 0 amide bonds. The first-order valence-corrected chi connectivity index (χ1v) is 5.53. The molecule has 1 rings (SSSR count). The molecule has 0 spiro atoms. The number of aromatic nitrogens is 1. The van der Waals surface area contributed by atoms with Gasteiger partial charge in [-0.05, 0) is 31.5 Å². The van der Waals surface area contributed by atoms with Crippen molar-refractivity contribution in [1.29, 1.82) is 0 Å². The molecule has 1 unspecified atom stereocenters. The van der Waals surface area contributed by atoms with Gasteiger partial charge in [0.05, 0.1) is 0 Å². The highest BCUT2D eigenvalue weighted by Crippen LogP contribution is 2.21. The molecule has 15 heavy (non-hydrogen) atoms. The number of hydrogen-bond donors (Lipinski definition) is 1. The minimum atomic E-state index is 0.264. The summed E-state index contributed by atoms with van der Waals surface area (Å²) in [6.07, 6.45) is 0.988. The molecule has 2 heteroatoms. The van der Waals surface area contributed by atoms with Crippen LogP contribution in [0, 0.1) is 12.3 Å². The molecule has 0 saturated carbocycles. The summed E-state index contributed by atoms with van der Waals surface area (Å²) in [5.41, 5.74) is 2.53. The van der Waals surface area contributed by atoms with E-state index in [1.165, 1.54) is 5.69 Å². The van der Waals surface area contributed by atoms with Crippen molar-refractivity contribution in [3.63, 3.8) is 0 Å². The third kappa shape index (κ3) is 3.63. The summed E-state index contributed by atoms with van der Waals surface area (Å²) < 4.78 is 0. The third-order valence-corrected chi connectivity index (χ3v) is 2.75. The molecular weight excluding hydrogens is 184 g/mol. The number of likely N-dealkylation sites (N-methyl/N-ethyl adjacent to an activating group) is 1. The number of aryl methyl sites for hydroxylation is 1. The zero-order chi connectivity index (χ0) is 11.5. The van der Waals surface area contributed by atoms with Crippen LogP contribution < -0.4 is 5.32 Å². The van der Waals surface area contributed by atoms with Gasteiger partial charge in [-0.1, -0.05) is 26.8 Å². The molecule has 0 radical (unpaired) electrons. The Hall–Kier alpha value is -0.890. The molecule has 1 atom stereocenters. The van der Waals surface area contributed by atoms with E-state index in [0.29, 0.717) is 6.04 Å². The molecule has 0 aliphatic carbocycles. The largest absolute Gasteiger partial charge is 0.316 e. The van der Waals surface area contributed by atoms with E-state index >= 15 is 0 Å². The van der Waals surface area contributed by atoms with Gasteiger partial charge < -0.3 is 5.32 Å². The number of nitrogens with zero attached hydrogens (tertiary/aromatic N) is 1. The summed E-state index contributed by atoms with van der Waals surface area (Å²) in [6.45, 7) is 8.80. The summed E-state index contributed by atoms with van der Waals surface area (Å²) in [5, 5.41) is 3.37. The summed E-state index contributed by atoms with van der Waals surface area (Å²) in [7, 11) is 2.02. The van der Waals surface area contributed by atoms with Gasteiger partial charge in [-0.15, -0.1) is 0 Å². The lowest BCUT2D eigenvalue weighted by Gasteiger charge is -2.30. The summed E-state index contributed by atoms with van der Waals surface area (Å²) in [4.78, 5) is 4.53. The van der Waals surface area contributed by atoms with Gasteiger partial charge in [0.1, 0.15) is 0 Å².